The van der Waals surface area contributed by atoms with Gasteiger partial charge in [-0.3, -0.25) is 14.5 Å². The second kappa shape index (κ2) is 7.93. The third kappa shape index (κ3) is 4.14. The first-order valence-electron chi connectivity index (χ1n) is 8.51. The van der Waals surface area contributed by atoms with Crippen LogP contribution in [0.15, 0.2) is 75.9 Å². The van der Waals surface area contributed by atoms with Crippen molar-refractivity contribution in [3.05, 3.63) is 82.5 Å². The lowest BCUT2D eigenvalue weighted by Gasteiger charge is -2.07. The first-order chi connectivity index (χ1) is 14.4. The standard InChI is InChI=1S/C18H14N6O4S2/c25-16(15-21-18(26)24(22-15)13-4-2-1-3-5-13)20-12-6-8-14(9-7-12)30(27,28)23-17-19-10-11-29-17/h1-11H,(H,19,23)(H,20,25)(H,21,22,26). The largest absolute Gasteiger partial charge is 0.348 e. The zero-order chi connectivity index (χ0) is 21.1. The number of rotatable bonds is 6. The quantitative estimate of drug-likeness (QED) is 0.418. The van der Waals surface area contributed by atoms with Crippen molar-refractivity contribution in [2.24, 2.45) is 0 Å². The zero-order valence-corrected chi connectivity index (χ0v) is 16.8. The molecule has 0 aliphatic rings. The summed E-state index contributed by atoms with van der Waals surface area (Å²) in [5.74, 6) is -0.815. The van der Waals surface area contributed by atoms with Gasteiger partial charge in [-0.15, -0.1) is 16.4 Å². The summed E-state index contributed by atoms with van der Waals surface area (Å²) in [6.07, 6.45) is 1.49. The molecule has 0 fully saturated rings. The summed E-state index contributed by atoms with van der Waals surface area (Å²) in [4.78, 5) is 30.8. The Hall–Kier alpha value is -3.77. The summed E-state index contributed by atoms with van der Waals surface area (Å²) >= 11 is 1.16. The number of aromatic nitrogens is 4. The molecule has 4 aromatic rings. The van der Waals surface area contributed by atoms with E-state index in [1.807, 2.05) is 0 Å². The highest BCUT2D eigenvalue weighted by Crippen LogP contribution is 2.19. The van der Waals surface area contributed by atoms with Gasteiger partial charge in [0.05, 0.1) is 10.6 Å². The molecule has 4 rings (SSSR count). The molecule has 2 heterocycles. The molecule has 1 amide bonds. The maximum atomic E-state index is 12.4. The van der Waals surface area contributed by atoms with Crippen molar-refractivity contribution in [2.75, 3.05) is 10.0 Å². The van der Waals surface area contributed by atoms with Crippen molar-refractivity contribution in [3.8, 4) is 5.69 Å². The number of amides is 1. The van der Waals surface area contributed by atoms with Crippen LogP contribution < -0.4 is 15.7 Å². The molecule has 0 spiro atoms. The van der Waals surface area contributed by atoms with Crippen LogP contribution in [0.4, 0.5) is 10.8 Å². The number of carbonyl (C=O) groups excluding carboxylic acids is 1. The van der Waals surface area contributed by atoms with Crippen LogP contribution in [0.25, 0.3) is 5.69 Å². The summed E-state index contributed by atoms with van der Waals surface area (Å²) in [5, 5.41) is 8.47. The van der Waals surface area contributed by atoms with Crippen LogP contribution in [0.3, 0.4) is 0 Å². The number of H-pyrrole nitrogens is 1. The SMILES string of the molecule is O=C(Nc1ccc(S(=O)(=O)Nc2nccs2)cc1)c1nn(-c2ccccc2)c(=O)[nH]1. The number of nitrogens with zero attached hydrogens (tertiary/aromatic N) is 3. The van der Waals surface area contributed by atoms with Gasteiger partial charge in [-0.2, -0.15) is 4.68 Å². The number of aromatic amines is 1. The van der Waals surface area contributed by atoms with E-state index < -0.39 is 21.6 Å². The normalized spacial score (nSPS) is 11.2. The Morgan fingerprint density at radius 1 is 1.07 bits per heavy atom. The average Bonchev–Trinajstić information content (AvgIpc) is 3.38. The number of para-hydroxylation sites is 1. The molecule has 0 aliphatic carbocycles. The second-order valence-corrected chi connectivity index (χ2v) is 8.52. The number of nitrogens with one attached hydrogen (secondary N) is 3. The van der Waals surface area contributed by atoms with Crippen LogP contribution in [0.2, 0.25) is 0 Å². The van der Waals surface area contributed by atoms with Crippen LogP contribution in [-0.2, 0) is 10.0 Å². The molecular weight excluding hydrogens is 428 g/mol. The van der Waals surface area contributed by atoms with Crippen LogP contribution in [0.5, 0.6) is 0 Å². The monoisotopic (exact) mass is 442 g/mol. The van der Waals surface area contributed by atoms with E-state index >= 15 is 0 Å². The number of hydrogen-bond donors (Lipinski definition) is 3. The van der Waals surface area contributed by atoms with E-state index in [0.717, 1.165) is 16.0 Å². The topological polar surface area (TPSA) is 139 Å². The number of benzene rings is 2. The molecule has 0 aliphatic heterocycles. The highest BCUT2D eigenvalue weighted by Gasteiger charge is 2.17. The third-order valence-corrected chi connectivity index (χ3v) is 6.08. The number of thiazole rings is 1. The van der Waals surface area contributed by atoms with Gasteiger partial charge in [0, 0.05) is 17.3 Å². The van der Waals surface area contributed by atoms with Gasteiger partial charge >= 0.3 is 5.69 Å². The highest BCUT2D eigenvalue weighted by molar-refractivity contribution is 7.93. The minimum absolute atomic E-state index is 0.0115. The van der Waals surface area contributed by atoms with Gasteiger partial charge in [0.15, 0.2) is 5.13 Å². The fourth-order valence-corrected chi connectivity index (χ4v) is 4.32. The van der Waals surface area contributed by atoms with Crippen molar-refractivity contribution in [1.82, 2.24) is 19.7 Å². The fraction of sp³-hybridized carbons (Fsp3) is 0. The molecule has 0 unspecified atom stereocenters. The van der Waals surface area contributed by atoms with Crippen LogP contribution >= 0.6 is 11.3 Å². The Kier molecular flexibility index (Phi) is 5.16. The maximum absolute atomic E-state index is 12.4. The summed E-state index contributed by atoms with van der Waals surface area (Å²) in [6, 6.07) is 14.2. The predicted molar refractivity (Wildman–Crippen MR) is 112 cm³/mol. The van der Waals surface area contributed by atoms with Gasteiger partial charge in [0.2, 0.25) is 5.82 Å². The fourth-order valence-electron chi connectivity index (χ4n) is 2.53. The van der Waals surface area contributed by atoms with Crippen molar-refractivity contribution in [2.45, 2.75) is 4.90 Å². The van der Waals surface area contributed by atoms with E-state index in [1.54, 1.807) is 35.7 Å². The van der Waals surface area contributed by atoms with Crippen molar-refractivity contribution < 1.29 is 13.2 Å². The molecule has 152 valence electrons. The van der Waals surface area contributed by atoms with Crippen LogP contribution in [0.1, 0.15) is 10.6 Å². The Morgan fingerprint density at radius 3 is 2.47 bits per heavy atom. The molecule has 0 atom stereocenters. The van der Waals surface area contributed by atoms with Gasteiger partial charge in [0.25, 0.3) is 15.9 Å². The smallest absolute Gasteiger partial charge is 0.319 e. The van der Waals surface area contributed by atoms with E-state index in [0.29, 0.717) is 11.4 Å². The first-order valence-corrected chi connectivity index (χ1v) is 10.9. The molecule has 10 nitrogen and oxygen atoms in total. The molecule has 12 heteroatoms. The van der Waals surface area contributed by atoms with Crippen molar-refractivity contribution in [3.63, 3.8) is 0 Å². The average molecular weight is 442 g/mol. The van der Waals surface area contributed by atoms with E-state index in [-0.39, 0.29) is 15.9 Å². The first kappa shape index (κ1) is 19.5. The molecule has 30 heavy (non-hydrogen) atoms. The Morgan fingerprint density at radius 2 is 1.80 bits per heavy atom. The van der Waals surface area contributed by atoms with Crippen LogP contribution in [0, 0.1) is 0 Å². The van der Waals surface area contributed by atoms with Gasteiger partial charge in [0.1, 0.15) is 0 Å². The summed E-state index contributed by atoms with van der Waals surface area (Å²) in [5.41, 5.74) is 0.296. The predicted octanol–water partition coefficient (Wildman–Crippen LogP) is 2.07. The maximum Gasteiger partial charge on any atom is 0.348 e. The number of sulfonamides is 1. The minimum Gasteiger partial charge on any atom is -0.319 e. The lowest BCUT2D eigenvalue weighted by Crippen LogP contribution is -2.16. The number of carbonyl (C=O) groups is 1. The molecule has 0 radical (unpaired) electrons. The van der Waals surface area contributed by atoms with Crippen LogP contribution in [-0.4, -0.2) is 34.1 Å². The van der Waals surface area contributed by atoms with Crippen molar-refractivity contribution in [1.29, 1.82) is 0 Å². The summed E-state index contributed by atoms with van der Waals surface area (Å²) in [6.45, 7) is 0. The second-order valence-electron chi connectivity index (χ2n) is 5.95. The van der Waals surface area contributed by atoms with E-state index in [2.05, 4.69) is 25.1 Å². The minimum atomic E-state index is -3.79. The molecule has 2 aromatic carbocycles. The summed E-state index contributed by atoms with van der Waals surface area (Å²) in [7, 11) is -3.79. The Labute approximate surface area is 174 Å². The molecule has 0 bridgehead atoms. The lowest BCUT2D eigenvalue weighted by atomic mass is 10.3. The number of anilines is 2. The van der Waals surface area contributed by atoms with E-state index in [1.165, 1.54) is 30.5 Å². The molecule has 0 saturated carbocycles. The molecule has 0 saturated heterocycles. The molecule has 2 aromatic heterocycles. The summed E-state index contributed by atoms with van der Waals surface area (Å²) < 4.78 is 28.1. The van der Waals surface area contributed by atoms with Gasteiger partial charge < -0.3 is 5.32 Å². The molecule has 3 N–H and O–H groups in total. The lowest BCUT2D eigenvalue weighted by molar-refractivity contribution is 0.101. The van der Waals surface area contributed by atoms with Gasteiger partial charge in [-0.25, -0.2) is 18.2 Å². The van der Waals surface area contributed by atoms with Crippen molar-refractivity contribution >= 4 is 38.1 Å². The van der Waals surface area contributed by atoms with E-state index in [4.69, 9.17) is 0 Å². The Balaban J connectivity index is 1.49. The Bertz CT molecular complexity index is 1330. The zero-order valence-electron chi connectivity index (χ0n) is 15.1. The highest BCUT2D eigenvalue weighted by atomic mass is 32.2. The molecular formula is C18H14N6O4S2. The van der Waals surface area contributed by atoms with E-state index in [9.17, 15) is 18.0 Å². The van der Waals surface area contributed by atoms with Gasteiger partial charge in [-0.05, 0) is 36.4 Å². The third-order valence-electron chi connectivity index (χ3n) is 3.91. The number of hydrogen-bond acceptors (Lipinski definition) is 7. The van der Waals surface area contributed by atoms with Gasteiger partial charge in [-0.1, -0.05) is 18.2 Å².